The number of carbonyl (C=O) groups excluding carboxylic acids is 2. The number of benzene rings is 2. The fourth-order valence-electron chi connectivity index (χ4n) is 3.80. The Morgan fingerprint density at radius 3 is 2.14 bits per heavy atom. The monoisotopic (exact) mass is 569 g/mol. The number of halogens is 2. The molecule has 0 spiro atoms. The number of anilines is 1. The zero-order valence-corrected chi connectivity index (χ0v) is 24.9. The Balaban J connectivity index is 2.26. The second-order valence-corrected chi connectivity index (χ2v) is 13.1. The standard InChI is InChI=1S/C27H37Cl2N3O4S/c1-18-13-14-21(16-19(18)2)32(37(7,35)36)15-9-12-25(33)31(20(3)26(34)30-27(4,5)6)17-22-23(28)10-8-11-24(22)29/h8,10-11,13-14,16,20H,9,12,15,17H2,1-7H3,(H,30,34). The van der Waals surface area contributed by atoms with Gasteiger partial charge in [-0.25, -0.2) is 8.42 Å². The Bertz CT molecular complexity index is 1220. The summed E-state index contributed by atoms with van der Waals surface area (Å²) in [7, 11) is -3.57. The number of sulfonamides is 1. The molecule has 0 saturated heterocycles. The summed E-state index contributed by atoms with van der Waals surface area (Å²) in [5, 5.41) is 3.70. The Labute approximate surface area is 231 Å². The summed E-state index contributed by atoms with van der Waals surface area (Å²) < 4.78 is 26.4. The predicted molar refractivity (Wildman–Crippen MR) is 152 cm³/mol. The van der Waals surface area contributed by atoms with Crippen molar-refractivity contribution in [3.05, 3.63) is 63.1 Å². The van der Waals surface area contributed by atoms with Gasteiger partial charge in [0.2, 0.25) is 21.8 Å². The summed E-state index contributed by atoms with van der Waals surface area (Å²) in [4.78, 5) is 27.8. The zero-order valence-electron chi connectivity index (χ0n) is 22.6. The maximum atomic E-state index is 13.4. The van der Waals surface area contributed by atoms with E-state index in [2.05, 4.69) is 5.32 Å². The van der Waals surface area contributed by atoms with E-state index in [1.54, 1.807) is 31.2 Å². The maximum Gasteiger partial charge on any atom is 0.242 e. The fourth-order valence-corrected chi connectivity index (χ4v) is 5.27. The van der Waals surface area contributed by atoms with Gasteiger partial charge in [0.1, 0.15) is 6.04 Å². The first-order chi connectivity index (χ1) is 17.0. The van der Waals surface area contributed by atoms with E-state index in [1.807, 2.05) is 46.8 Å². The minimum atomic E-state index is -3.57. The first-order valence-corrected chi connectivity index (χ1v) is 14.7. The minimum absolute atomic E-state index is 0.0338. The second-order valence-electron chi connectivity index (χ2n) is 10.3. The average molecular weight is 571 g/mol. The number of nitrogens with one attached hydrogen (secondary N) is 1. The fraction of sp³-hybridized carbons (Fsp3) is 0.481. The third-order valence-corrected chi connectivity index (χ3v) is 7.89. The maximum absolute atomic E-state index is 13.4. The molecule has 2 amide bonds. The van der Waals surface area contributed by atoms with Crippen molar-refractivity contribution in [3.63, 3.8) is 0 Å². The van der Waals surface area contributed by atoms with Crippen LogP contribution < -0.4 is 9.62 Å². The molecule has 0 aliphatic rings. The summed E-state index contributed by atoms with van der Waals surface area (Å²) in [5.41, 5.74) is 2.65. The highest BCUT2D eigenvalue weighted by Crippen LogP contribution is 2.27. The van der Waals surface area contributed by atoms with Crippen molar-refractivity contribution in [3.8, 4) is 0 Å². The normalized spacial score (nSPS) is 12.7. The van der Waals surface area contributed by atoms with Crippen molar-refractivity contribution >= 4 is 50.7 Å². The van der Waals surface area contributed by atoms with Crippen LogP contribution in [0, 0.1) is 13.8 Å². The molecule has 0 aliphatic carbocycles. The van der Waals surface area contributed by atoms with Gasteiger partial charge >= 0.3 is 0 Å². The predicted octanol–water partition coefficient (Wildman–Crippen LogP) is 5.49. The molecule has 0 aliphatic heterocycles. The number of amides is 2. The van der Waals surface area contributed by atoms with Crippen LogP contribution in [0.2, 0.25) is 10.0 Å². The third-order valence-electron chi connectivity index (χ3n) is 5.99. The molecule has 0 heterocycles. The van der Waals surface area contributed by atoms with E-state index in [4.69, 9.17) is 23.2 Å². The van der Waals surface area contributed by atoms with E-state index in [-0.39, 0.29) is 37.7 Å². The number of carbonyl (C=O) groups is 2. The van der Waals surface area contributed by atoms with Crippen LogP contribution in [0.4, 0.5) is 5.69 Å². The van der Waals surface area contributed by atoms with Crippen LogP contribution in [-0.4, -0.2) is 49.5 Å². The highest BCUT2D eigenvalue weighted by atomic mass is 35.5. The van der Waals surface area contributed by atoms with Gasteiger partial charge in [-0.15, -0.1) is 0 Å². The quantitative estimate of drug-likeness (QED) is 0.410. The molecule has 0 saturated carbocycles. The van der Waals surface area contributed by atoms with Gasteiger partial charge in [-0.05, 0) is 83.4 Å². The highest BCUT2D eigenvalue weighted by molar-refractivity contribution is 7.92. The van der Waals surface area contributed by atoms with Crippen LogP contribution >= 0.6 is 23.2 Å². The number of nitrogens with zero attached hydrogens (tertiary/aromatic N) is 2. The molecule has 1 unspecified atom stereocenters. The van der Waals surface area contributed by atoms with Crippen molar-refractivity contribution < 1.29 is 18.0 Å². The number of hydrogen-bond donors (Lipinski definition) is 1. The molecule has 1 N–H and O–H groups in total. The van der Waals surface area contributed by atoms with Gasteiger partial charge in [0.25, 0.3) is 0 Å². The molecule has 2 aromatic rings. The summed E-state index contributed by atoms with van der Waals surface area (Å²) in [6.45, 7) is 11.3. The molecule has 10 heteroatoms. The Morgan fingerprint density at radius 2 is 1.62 bits per heavy atom. The molecule has 204 valence electrons. The van der Waals surface area contributed by atoms with Crippen molar-refractivity contribution in [2.45, 2.75) is 72.5 Å². The van der Waals surface area contributed by atoms with Gasteiger partial charge < -0.3 is 10.2 Å². The van der Waals surface area contributed by atoms with Gasteiger partial charge in [-0.1, -0.05) is 35.3 Å². The van der Waals surface area contributed by atoms with E-state index in [0.717, 1.165) is 17.4 Å². The molecule has 0 aromatic heterocycles. The lowest BCUT2D eigenvalue weighted by Gasteiger charge is -2.32. The Morgan fingerprint density at radius 1 is 1.03 bits per heavy atom. The third kappa shape index (κ3) is 8.90. The minimum Gasteiger partial charge on any atom is -0.350 e. The zero-order chi connectivity index (χ0) is 28.1. The molecule has 0 fully saturated rings. The van der Waals surface area contributed by atoms with E-state index in [1.165, 1.54) is 9.21 Å². The number of hydrogen-bond acceptors (Lipinski definition) is 4. The van der Waals surface area contributed by atoms with Crippen molar-refractivity contribution in [1.29, 1.82) is 0 Å². The molecule has 2 rings (SSSR count). The Kier molecular flexibility index (Phi) is 10.5. The largest absolute Gasteiger partial charge is 0.350 e. The van der Waals surface area contributed by atoms with Crippen LogP contribution in [0.25, 0.3) is 0 Å². The van der Waals surface area contributed by atoms with Crippen molar-refractivity contribution in [2.75, 3.05) is 17.1 Å². The topological polar surface area (TPSA) is 86.8 Å². The lowest BCUT2D eigenvalue weighted by molar-refractivity contribution is -0.141. The highest BCUT2D eigenvalue weighted by Gasteiger charge is 2.29. The molecule has 2 aromatic carbocycles. The van der Waals surface area contributed by atoms with Gasteiger partial charge in [0.05, 0.1) is 11.9 Å². The summed E-state index contributed by atoms with van der Waals surface area (Å²) in [6.07, 6.45) is 1.44. The Hall–Kier alpha value is -2.29. The SMILES string of the molecule is Cc1ccc(N(CCCC(=O)N(Cc2c(Cl)cccc2Cl)C(C)C(=O)NC(C)(C)C)S(C)(=O)=O)cc1C. The number of aryl methyl sites for hydroxylation is 2. The summed E-state index contributed by atoms with van der Waals surface area (Å²) in [5.74, 6) is -0.613. The summed E-state index contributed by atoms with van der Waals surface area (Å²) >= 11 is 12.7. The molecule has 0 bridgehead atoms. The number of rotatable bonds is 10. The van der Waals surface area contributed by atoms with E-state index in [0.29, 0.717) is 21.3 Å². The first kappa shape index (κ1) is 30.9. The van der Waals surface area contributed by atoms with Gasteiger partial charge in [-0.3, -0.25) is 13.9 Å². The van der Waals surface area contributed by atoms with Gasteiger partial charge in [-0.2, -0.15) is 0 Å². The van der Waals surface area contributed by atoms with Crippen LogP contribution in [0.3, 0.4) is 0 Å². The molecular formula is C27H37Cl2N3O4S. The van der Waals surface area contributed by atoms with Crippen molar-refractivity contribution in [1.82, 2.24) is 10.2 Å². The smallest absolute Gasteiger partial charge is 0.242 e. The summed E-state index contributed by atoms with van der Waals surface area (Å²) in [6, 6.07) is 9.72. The second kappa shape index (κ2) is 12.5. The lowest BCUT2D eigenvalue weighted by atomic mass is 10.1. The van der Waals surface area contributed by atoms with E-state index >= 15 is 0 Å². The molecule has 7 nitrogen and oxygen atoms in total. The van der Waals surface area contributed by atoms with Gasteiger partial charge in [0, 0.05) is 40.7 Å². The van der Waals surface area contributed by atoms with E-state index in [9.17, 15) is 18.0 Å². The average Bonchev–Trinajstić information content (AvgIpc) is 2.76. The molecule has 37 heavy (non-hydrogen) atoms. The van der Waals surface area contributed by atoms with Gasteiger partial charge in [0.15, 0.2) is 0 Å². The first-order valence-electron chi connectivity index (χ1n) is 12.1. The molecular weight excluding hydrogens is 533 g/mol. The van der Waals surface area contributed by atoms with E-state index < -0.39 is 21.6 Å². The molecule has 1 atom stereocenters. The van der Waals surface area contributed by atoms with Crippen LogP contribution in [-0.2, 0) is 26.2 Å². The molecule has 0 radical (unpaired) electrons. The van der Waals surface area contributed by atoms with Crippen LogP contribution in [0.5, 0.6) is 0 Å². The van der Waals surface area contributed by atoms with Crippen LogP contribution in [0.15, 0.2) is 36.4 Å². The van der Waals surface area contributed by atoms with Crippen molar-refractivity contribution in [2.24, 2.45) is 0 Å². The van der Waals surface area contributed by atoms with Crippen LogP contribution in [0.1, 0.15) is 57.2 Å². The lowest BCUT2D eigenvalue weighted by Crippen LogP contribution is -2.52.